The van der Waals surface area contributed by atoms with Gasteiger partial charge in [0, 0.05) is 48.1 Å². The summed E-state index contributed by atoms with van der Waals surface area (Å²) >= 11 is 3.43. The largest absolute Gasteiger partial charge is 0.352 e. The van der Waals surface area contributed by atoms with E-state index in [0.717, 1.165) is 41.7 Å². The molecule has 1 fully saturated rings. The summed E-state index contributed by atoms with van der Waals surface area (Å²) in [7, 11) is 0. The van der Waals surface area contributed by atoms with Gasteiger partial charge >= 0.3 is 6.03 Å². The third-order valence-corrected chi connectivity index (χ3v) is 7.42. The number of nitrogens with zero attached hydrogens (tertiary/aromatic N) is 4. The van der Waals surface area contributed by atoms with Crippen LogP contribution in [0.2, 0.25) is 0 Å². The number of amides is 2. The summed E-state index contributed by atoms with van der Waals surface area (Å²) in [6.07, 6.45) is 2.86. The number of piperazine rings is 1. The van der Waals surface area contributed by atoms with Crippen LogP contribution < -0.4 is 10.2 Å². The van der Waals surface area contributed by atoms with Crippen LogP contribution in [-0.2, 0) is 6.42 Å². The number of carbonyl (C=O) groups is 1. The highest BCUT2D eigenvalue weighted by Gasteiger charge is 2.25. The van der Waals surface area contributed by atoms with Crippen molar-refractivity contribution in [3.05, 3.63) is 40.5 Å². The van der Waals surface area contributed by atoms with Crippen LogP contribution in [0.1, 0.15) is 23.2 Å². The SMILES string of the molecule is CCc1nc(N2CCN(C(=O)Nc3ccc(SC)cc3)CC2)c2c(C)c(C)sc2n1. The molecule has 0 bridgehead atoms. The van der Waals surface area contributed by atoms with Gasteiger partial charge in [0.2, 0.25) is 0 Å². The Balaban J connectivity index is 1.47. The van der Waals surface area contributed by atoms with Gasteiger partial charge in [0.1, 0.15) is 16.5 Å². The maximum Gasteiger partial charge on any atom is 0.321 e. The lowest BCUT2D eigenvalue weighted by Gasteiger charge is -2.35. The molecule has 2 amide bonds. The highest BCUT2D eigenvalue weighted by Crippen LogP contribution is 2.35. The number of urea groups is 1. The zero-order chi connectivity index (χ0) is 21.3. The number of carbonyl (C=O) groups excluding carboxylic acids is 1. The Hall–Kier alpha value is -2.32. The predicted octanol–water partition coefficient (Wildman–Crippen LogP) is 4.95. The maximum absolute atomic E-state index is 12.7. The summed E-state index contributed by atoms with van der Waals surface area (Å²) in [5.74, 6) is 1.90. The van der Waals surface area contributed by atoms with Gasteiger partial charge in [0.25, 0.3) is 0 Å². The van der Waals surface area contributed by atoms with Gasteiger partial charge in [0.15, 0.2) is 0 Å². The molecule has 0 atom stereocenters. The molecule has 2 aromatic heterocycles. The number of nitrogens with one attached hydrogen (secondary N) is 1. The first-order valence-corrected chi connectivity index (χ1v) is 12.3. The molecule has 30 heavy (non-hydrogen) atoms. The molecular formula is C22H27N5OS2. The summed E-state index contributed by atoms with van der Waals surface area (Å²) in [4.78, 5) is 30.0. The number of anilines is 2. The van der Waals surface area contributed by atoms with Crippen LogP contribution >= 0.6 is 23.1 Å². The first kappa shape index (κ1) is 20.9. The Kier molecular flexibility index (Phi) is 6.15. The maximum atomic E-state index is 12.7. The molecular weight excluding hydrogens is 414 g/mol. The van der Waals surface area contributed by atoms with Crippen molar-refractivity contribution in [3.63, 3.8) is 0 Å². The van der Waals surface area contributed by atoms with Crippen molar-refractivity contribution >= 4 is 50.9 Å². The van der Waals surface area contributed by atoms with Crippen molar-refractivity contribution in [2.75, 3.05) is 42.7 Å². The molecule has 0 spiro atoms. The smallest absolute Gasteiger partial charge is 0.321 e. The summed E-state index contributed by atoms with van der Waals surface area (Å²) in [5.41, 5.74) is 2.09. The van der Waals surface area contributed by atoms with E-state index in [1.807, 2.05) is 35.4 Å². The van der Waals surface area contributed by atoms with E-state index in [4.69, 9.17) is 9.97 Å². The monoisotopic (exact) mass is 441 g/mol. The van der Waals surface area contributed by atoms with Crippen molar-refractivity contribution in [1.29, 1.82) is 0 Å². The topological polar surface area (TPSA) is 61.4 Å². The third-order valence-electron chi connectivity index (χ3n) is 5.58. The van der Waals surface area contributed by atoms with Gasteiger partial charge in [0.05, 0.1) is 5.39 Å². The van der Waals surface area contributed by atoms with Crippen LogP contribution in [-0.4, -0.2) is 53.3 Å². The minimum absolute atomic E-state index is 0.0452. The molecule has 1 saturated heterocycles. The number of aryl methyl sites for hydroxylation is 3. The zero-order valence-electron chi connectivity index (χ0n) is 17.9. The molecule has 1 aliphatic rings. The van der Waals surface area contributed by atoms with E-state index in [1.54, 1.807) is 23.1 Å². The summed E-state index contributed by atoms with van der Waals surface area (Å²) in [6.45, 7) is 9.26. The molecule has 1 aromatic carbocycles. The van der Waals surface area contributed by atoms with E-state index in [0.29, 0.717) is 13.1 Å². The van der Waals surface area contributed by atoms with Crippen molar-refractivity contribution in [1.82, 2.24) is 14.9 Å². The number of rotatable bonds is 4. The number of fused-ring (bicyclic) bond motifs is 1. The lowest BCUT2D eigenvalue weighted by atomic mass is 10.2. The second kappa shape index (κ2) is 8.81. The quantitative estimate of drug-likeness (QED) is 0.581. The summed E-state index contributed by atoms with van der Waals surface area (Å²) in [6, 6.07) is 7.90. The lowest BCUT2D eigenvalue weighted by Crippen LogP contribution is -2.50. The Morgan fingerprint density at radius 2 is 1.83 bits per heavy atom. The molecule has 0 aliphatic carbocycles. The molecule has 3 aromatic rings. The Labute approximate surface area is 185 Å². The van der Waals surface area contributed by atoms with Crippen LogP contribution in [0.25, 0.3) is 10.2 Å². The van der Waals surface area contributed by atoms with Gasteiger partial charge in [-0.15, -0.1) is 23.1 Å². The molecule has 3 heterocycles. The fourth-order valence-corrected chi connectivity index (χ4v) is 5.11. The second-order valence-corrected chi connectivity index (χ2v) is 9.50. The van der Waals surface area contributed by atoms with Crippen molar-refractivity contribution in [2.45, 2.75) is 32.1 Å². The molecule has 4 rings (SSSR count). The summed E-state index contributed by atoms with van der Waals surface area (Å²) < 4.78 is 0. The van der Waals surface area contributed by atoms with Gasteiger partial charge in [-0.3, -0.25) is 0 Å². The fourth-order valence-electron chi connectivity index (χ4n) is 3.66. The Morgan fingerprint density at radius 1 is 1.13 bits per heavy atom. The molecule has 0 radical (unpaired) electrons. The first-order valence-electron chi connectivity index (χ1n) is 10.2. The van der Waals surface area contributed by atoms with Crippen LogP contribution in [0.4, 0.5) is 16.3 Å². The molecule has 0 saturated carbocycles. The van der Waals surface area contributed by atoms with Crippen LogP contribution in [0, 0.1) is 13.8 Å². The van der Waals surface area contributed by atoms with Gasteiger partial charge < -0.3 is 15.1 Å². The Bertz CT molecular complexity index is 1060. The minimum atomic E-state index is -0.0452. The molecule has 158 valence electrons. The van der Waals surface area contributed by atoms with Crippen LogP contribution in [0.3, 0.4) is 0 Å². The van der Waals surface area contributed by atoms with Crippen molar-refractivity contribution in [3.8, 4) is 0 Å². The normalized spacial score (nSPS) is 14.4. The third kappa shape index (κ3) is 4.11. The molecule has 1 aliphatic heterocycles. The van der Waals surface area contributed by atoms with E-state index < -0.39 is 0 Å². The highest BCUT2D eigenvalue weighted by atomic mass is 32.2. The minimum Gasteiger partial charge on any atom is -0.352 e. The predicted molar refractivity (Wildman–Crippen MR) is 127 cm³/mol. The first-order chi connectivity index (χ1) is 14.5. The van der Waals surface area contributed by atoms with Gasteiger partial charge in [-0.1, -0.05) is 6.92 Å². The van der Waals surface area contributed by atoms with Gasteiger partial charge in [-0.25, -0.2) is 14.8 Å². The molecule has 6 nitrogen and oxygen atoms in total. The van der Waals surface area contributed by atoms with Crippen molar-refractivity contribution < 1.29 is 4.79 Å². The molecule has 1 N–H and O–H groups in total. The number of benzene rings is 1. The van der Waals surface area contributed by atoms with Gasteiger partial charge in [-0.05, 0) is 49.9 Å². The van der Waals surface area contributed by atoms with E-state index >= 15 is 0 Å². The van der Waals surface area contributed by atoms with E-state index in [-0.39, 0.29) is 6.03 Å². The van der Waals surface area contributed by atoms with E-state index in [9.17, 15) is 4.79 Å². The standard InChI is InChI=1S/C22H27N5OS2/c1-5-18-24-20(19-14(2)15(3)30-21(19)25-18)26-10-12-27(13-11-26)22(28)23-16-6-8-17(29-4)9-7-16/h6-9H,5,10-13H2,1-4H3,(H,23,28). The summed E-state index contributed by atoms with van der Waals surface area (Å²) in [5, 5.41) is 4.18. The molecule has 0 unspecified atom stereocenters. The lowest BCUT2D eigenvalue weighted by molar-refractivity contribution is 0.208. The van der Waals surface area contributed by atoms with Crippen LogP contribution in [0.5, 0.6) is 0 Å². The average molecular weight is 442 g/mol. The fraction of sp³-hybridized carbons (Fsp3) is 0.409. The van der Waals surface area contributed by atoms with E-state index in [2.05, 4.69) is 31.0 Å². The zero-order valence-corrected chi connectivity index (χ0v) is 19.5. The molecule has 8 heteroatoms. The average Bonchev–Trinajstić information content (AvgIpc) is 3.07. The van der Waals surface area contributed by atoms with E-state index in [1.165, 1.54) is 20.7 Å². The number of hydrogen-bond acceptors (Lipinski definition) is 6. The van der Waals surface area contributed by atoms with Crippen LogP contribution in [0.15, 0.2) is 29.2 Å². The number of thioether (sulfide) groups is 1. The number of aromatic nitrogens is 2. The second-order valence-electron chi connectivity index (χ2n) is 7.41. The number of hydrogen-bond donors (Lipinski definition) is 1. The van der Waals surface area contributed by atoms with Gasteiger partial charge in [-0.2, -0.15) is 0 Å². The number of thiophene rings is 1. The highest BCUT2D eigenvalue weighted by molar-refractivity contribution is 7.98. The van der Waals surface area contributed by atoms with Crippen molar-refractivity contribution in [2.24, 2.45) is 0 Å². The Morgan fingerprint density at radius 3 is 2.47 bits per heavy atom.